The Morgan fingerprint density at radius 2 is 2.19 bits per heavy atom. The minimum absolute atomic E-state index is 0.0112. The third kappa shape index (κ3) is 1.01. The maximum Gasteiger partial charge on any atom is 0.224 e. The quantitative estimate of drug-likeness (QED) is 0.668. The Morgan fingerprint density at radius 1 is 1.38 bits per heavy atom. The molecule has 2 aliphatic carbocycles. The molecule has 0 aromatic rings. The number of hydrogen-bond acceptors (Lipinski definition) is 2. The van der Waals surface area contributed by atoms with Crippen molar-refractivity contribution in [1.29, 1.82) is 0 Å². The summed E-state index contributed by atoms with van der Waals surface area (Å²) < 4.78 is 0. The van der Waals surface area contributed by atoms with Crippen LogP contribution in [0.25, 0.3) is 0 Å². The highest BCUT2D eigenvalue weighted by molar-refractivity contribution is 5.79. The Hall–Kier alpha value is -0.570. The van der Waals surface area contributed by atoms with E-state index in [1.807, 2.05) is 0 Å². The summed E-state index contributed by atoms with van der Waals surface area (Å²) in [5, 5.41) is 3.82. The van der Waals surface area contributed by atoms with Gasteiger partial charge in [-0.05, 0) is 50.4 Å². The van der Waals surface area contributed by atoms with Crippen molar-refractivity contribution in [2.75, 3.05) is 6.54 Å². The predicted octanol–water partition coefficient (Wildman–Crippen LogP) is 1.34. The maximum absolute atomic E-state index is 11.9. The van der Waals surface area contributed by atoms with Gasteiger partial charge in [0.25, 0.3) is 0 Å². The molecule has 2 bridgehead atoms. The third-order valence-electron chi connectivity index (χ3n) is 5.68. The van der Waals surface area contributed by atoms with Gasteiger partial charge in [-0.1, -0.05) is 0 Å². The van der Waals surface area contributed by atoms with E-state index in [0.717, 1.165) is 37.1 Å². The molecule has 3 heteroatoms. The zero-order valence-corrected chi connectivity index (χ0v) is 9.91. The number of amides is 1. The van der Waals surface area contributed by atoms with Crippen LogP contribution >= 0.6 is 0 Å². The summed E-state index contributed by atoms with van der Waals surface area (Å²) in [6, 6.07) is 0.714. The van der Waals surface area contributed by atoms with E-state index in [-0.39, 0.29) is 5.66 Å². The maximum atomic E-state index is 11.9. The van der Waals surface area contributed by atoms with Gasteiger partial charge in [-0.15, -0.1) is 0 Å². The normalized spacial score (nSPS) is 54.3. The van der Waals surface area contributed by atoms with E-state index in [1.165, 1.54) is 19.3 Å². The number of carbonyl (C=O) groups excluding carboxylic acids is 1. The van der Waals surface area contributed by atoms with Gasteiger partial charge in [0, 0.05) is 19.0 Å². The number of hydrogen-bond donors (Lipinski definition) is 1. The molecular weight excluding hydrogens is 200 g/mol. The fraction of sp³-hybridized carbons (Fsp3) is 0.923. The molecule has 0 aromatic heterocycles. The second-order valence-electron chi connectivity index (χ2n) is 6.45. The lowest BCUT2D eigenvalue weighted by molar-refractivity contribution is -0.136. The lowest BCUT2D eigenvalue weighted by atomic mass is 9.81. The Bertz CT molecular complexity index is 356. The van der Waals surface area contributed by atoms with Crippen LogP contribution in [0.15, 0.2) is 0 Å². The van der Waals surface area contributed by atoms with E-state index < -0.39 is 0 Å². The monoisotopic (exact) mass is 220 g/mol. The highest BCUT2D eigenvalue weighted by Crippen LogP contribution is 2.52. The Labute approximate surface area is 96.6 Å². The summed E-state index contributed by atoms with van der Waals surface area (Å²) in [7, 11) is 0. The lowest BCUT2D eigenvalue weighted by Crippen LogP contribution is -2.66. The van der Waals surface area contributed by atoms with Crippen LogP contribution in [-0.4, -0.2) is 29.1 Å². The number of nitrogens with zero attached hydrogens (tertiary/aromatic N) is 1. The summed E-state index contributed by atoms with van der Waals surface area (Å²) >= 11 is 0. The van der Waals surface area contributed by atoms with E-state index in [0.29, 0.717) is 11.9 Å². The molecule has 1 N–H and O–H groups in total. The molecule has 0 aromatic carbocycles. The van der Waals surface area contributed by atoms with Gasteiger partial charge in [0.2, 0.25) is 5.91 Å². The van der Waals surface area contributed by atoms with Crippen LogP contribution in [0.3, 0.4) is 0 Å². The van der Waals surface area contributed by atoms with E-state index in [2.05, 4.69) is 17.1 Å². The topological polar surface area (TPSA) is 32.3 Å². The first-order valence-electron chi connectivity index (χ1n) is 6.75. The first kappa shape index (κ1) is 9.46. The van der Waals surface area contributed by atoms with Crippen molar-refractivity contribution in [2.24, 2.45) is 17.8 Å². The summed E-state index contributed by atoms with van der Waals surface area (Å²) in [5.41, 5.74) is -0.0112. The van der Waals surface area contributed by atoms with Crippen LogP contribution in [0.5, 0.6) is 0 Å². The zero-order chi connectivity index (χ0) is 10.9. The van der Waals surface area contributed by atoms with Crippen molar-refractivity contribution in [2.45, 2.75) is 50.7 Å². The van der Waals surface area contributed by atoms with Crippen LogP contribution in [0.1, 0.15) is 39.0 Å². The highest BCUT2D eigenvalue weighted by atomic mass is 16.2. The molecular formula is C13H20N2O. The molecule has 2 saturated carbocycles. The van der Waals surface area contributed by atoms with E-state index in [4.69, 9.17) is 0 Å². The van der Waals surface area contributed by atoms with Crippen molar-refractivity contribution in [1.82, 2.24) is 10.2 Å². The van der Waals surface area contributed by atoms with Crippen molar-refractivity contribution in [3.8, 4) is 0 Å². The molecule has 2 heterocycles. The van der Waals surface area contributed by atoms with Gasteiger partial charge in [-0.2, -0.15) is 0 Å². The average Bonchev–Trinajstić information content (AvgIpc) is 2.91. The second-order valence-corrected chi connectivity index (χ2v) is 6.45. The van der Waals surface area contributed by atoms with Crippen molar-refractivity contribution in [3.63, 3.8) is 0 Å². The third-order valence-corrected chi connectivity index (χ3v) is 5.68. The fourth-order valence-corrected chi connectivity index (χ4v) is 4.82. The molecule has 2 aliphatic heterocycles. The van der Waals surface area contributed by atoms with E-state index in [1.54, 1.807) is 0 Å². The van der Waals surface area contributed by atoms with Crippen LogP contribution in [0.4, 0.5) is 0 Å². The summed E-state index contributed by atoms with van der Waals surface area (Å²) in [6.45, 7) is 3.26. The van der Waals surface area contributed by atoms with Crippen LogP contribution < -0.4 is 5.32 Å². The van der Waals surface area contributed by atoms with E-state index in [9.17, 15) is 4.79 Å². The molecule has 16 heavy (non-hydrogen) atoms. The van der Waals surface area contributed by atoms with Crippen molar-refractivity contribution >= 4 is 5.91 Å². The molecule has 4 aliphatic rings. The fourth-order valence-electron chi connectivity index (χ4n) is 4.82. The average molecular weight is 220 g/mol. The van der Waals surface area contributed by atoms with Gasteiger partial charge in [0.05, 0.1) is 5.66 Å². The molecule has 4 rings (SSSR count). The van der Waals surface area contributed by atoms with Gasteiger partial charge in [0.1, 0.15) is 0 Å². The van der Waals surface area contributed by atoms with Gasteiger partial charge < -0.3 is 4.90 Å². The molecule has 0 spiro atoms. The van der Waals surface area contributed by atoms with Gasteiger partial charge in [-0.3, -0.25) is 10.1 Å². The Kier molecular flexibility index (Phi) is 1.66. The van der Waals surface area contributed by atoms with Crippen molar-refractivity contribution < 1.29 is 4.79 Å². The number of carbonyl (C=O) groups is 1. The summed E-state index contributed by atoms with van der Waals surface area (Å²) in [5.74, 6) is 2.94. The lowest BCUT2D eigenvalue weighted by Gasteiger charge is -2.50. The molecule has 0 radical (unpaired) electrons. The molecule has 88 valence electrons. The Morgan fingerprint density at radius 3 is 3.06 bits per heavy atom. The Balaban J connectivity index is 1.67. The molecule has 1 amide bonds. The first-order valence-corrected chi connectivity index (χ1v) is 6.75. The van der Waals surface area contributed by atoms with Crippen LogP contribution in [0, 0.1) is 17.8 Å². The largest absolute Gasteiger partial charge is 0.324 e. The van der Waals surface area contributed by atoms with Gasteiger partial charge in [0.15, 0.2) is 0 Å². The molecule has 4 fully saturated rings. The number of rotatable bonds is 0. The predicted molar refractivity (Wildman–Crippen MR) is 60.6 cm³/mol. The zero-order valence-electron chi connectivity index (χ0n) is 9.91. The van der Waals surface area contributed by atoms with Gasteiger partial charge in [-0.25, -0.2) is 0 Å². The van der Waals surface area contributed by atoms with Crippen LogP contribution in [-0.2, 0) is 4.79 Å². The molecule has 0 unspecified atom stereocenters. The SMILES string of the molecule is C[C@@]12CCC(=O)N1C[C@H]1[C@@H]3CC[C@@H](C3)[C@H]1N2. The summed E-state index contributed by atoms with van der Waals surface area (Å²) in [4.78, 5) is 14.0. The highest BCUT2D eigenvalue weighted by Gasteiger charge is 2.56. The number of nitrogens with one attached hydrogen (secondary N) is 1. The summed E-state index contributed by atoms with van der Waals surface area (Å²) in [6.07, 6.45) is 6.00. The minimum atomic E-state index is -0.0112. The minimum Gasteiger partial charge on any atom is -0.324 e. The number of fused-ring (bicyclic) bond motifs is 6. The molecule has 5 atom stereocenters. The van der Waals surface area contributed by atoms with Crippen molar-refractivity contribution in [3.05, 3.63) is 0 Å². The smallest absolute Gasteiger partial charge is 0.224 e. The molecule has 2 saturated heterocycles. The first-order chi connectivity index (χ1) is 7.67. The molecule has 3 nitrogen and oxygen atoms in total. The van der Waals surface area contributed by atoms with E-state index >= 15 is 0 Å². The van der Waals surface area contributed by atoms with Gasteiger partial charge >= 0.3 is 0 Å². The van der Waals surface area contributed by atoms with Crippen LogP contribution in [0.2, 0.25) is 0 Å². The standard InChI is InChI=1S/C13H20N2O/c1-13-5-4-11(16)15(13)7-10-8-2-3-9(6-8)12(10)14-13/h8-10,12,14H,2-7H2,1H3/t8-,9+,10+,12-,13+/m1/s1. The second kappa shape index (κ2) is 2.81.